The topological polar surface area (TPSA) is 17.1 Å². The van der Waals surface area contributed by atoms with Crippen LogP contribution in [-0.2, 0) is 43.9 Å². The summed E-state index contributed by atoms with van der Waals surface area (Å²) >= 11 is 0. The molecule has 1 radical (unpaired) electrons. The minimum Gasteiger partial charge on any atom is -0.333 e. The van der Waals surface area contributed by atoms with E-state index in [4.69, 9.17) is 0 Å². The molecule has 1 fully saturated rings. The maximum atomic E-state index is 12.0. The molecule has 18 heavy (non-hydrogen) atoms. The summed E-state index contributed by atoms with van der Waals surface area (Å²) in [5, 5.41) is 0. The molecule has 1 aromatic rings. The summed E-state index contributed by atoms with van der Waals surface area (Å²) in [4.78, 5) is 12.0. The van der Waals surface area contributed by atoms with Gasteiger partial charge in [-0.15, -0.1) is 6.42 Å². The van der Waals surface area contributed by atoms with Crippen LogP contribution in [0.1, 0.15) is 46.1 Å². The minimum atomic E-state index is -0.121. The van der Waals surface area contributed by atoms with E-state index in [9.17, 15) is 4.79 Å². The summed E-state index contributed by atoms with van der Waals surface area (Å²) < 4.78 is 0. The van der Waals surface area contributed by atoms with Gasteiger partial charge in [0.25, 0.3) is 0 Å². The zero-order valence-electron chi connectivity index (χ0n) is 12.0. The minimum absolute atomic E-state index is 0. The fourth-order valence-electron chi connectivity index (χ4n) is 2.18. The average molecular weight is 320 g/mol. The van der Waals surface area contributed by atoms with E-state index in [1.54, 1.807) is 0 Å². The molecule has 0 aromatic heterocycles. The van der Waals surface area contributed by atoms with E-state index in [2.05, 4.69) is 12.1 Å². The molecule has 2 heteroatoms. The van der Waals surface area contributed by atoms with Crippen LogP contribution in [0.25, 0.3) is 0 Å². The molecule has 97 valence electrons. The Morgan fingerprint density at radius 3 is 2.17 bits per heavy atom. The number of carbonyl (C=O) groups excluding carboxylic acids is 1. The van der Waals surface area contributed by atoms with Crippen LogP contribution < -0.4 is 0 Å². The van der Waals surface area contributed by atoms with Gasteiger partial charge in [0.15, 0.2) is 0 Å². The van der Waals surface area contributed by atoms with Crippen LogP contribution in [0.2, 0.25) is 0 Å². The molecule has 0 N–H and O–H groups in total. The van der Waals surface area contributed by atoms with E-state index in [1.165, 1.54) is 5.56 Å². The molecule has 1 aromatic carbocycles. The molecule has 0 aliphatic heterocycles. The summed E-state index contributed by atoms with van der Waals surface area (Å²) in [6.07, 6.45) is 2.82. The van der Waals surface area contributed by atoms with Crippen molar-refractivity contribution in [1.29, 1.82) is 0 Å². The molecule has 0 bridgehead atoms. The first kappa shape index (κ1) is 17.9. The van der Waals surface area contributed by atoms with Crippen LogP contribution in [0.3, 0.4) is 0 Å². The largest absolute Gasteiger partial charge is 0.333 e. The maximum Gasteiger partial charge on any atom is 0.00735 e. The molecule has 1 saturated carbocycles. The van der Waals surface area contributed by atoms with Gasteiger partial charge in [0.1, 0.15) is 0 Å². The van der Waals surface area contributed by atoms with Crippen LogP contribution in [0.15, 0.2) is 30.3 Å². The van der Waals surface area contributed by atoms with E-state index in [1.807, 2.05) is 45.9 Å². The Morgan fingerprint density at radius 1 is 1.17 bits per heavy atom. The summed E-state index contributed by atoms with van der Waals surface area (Å²) in [5.41, 5.74) is 1.13. The molecule has 0 unspecified atom stereocenters. The first-order valence-corrected chi connectivity index (χ1v) is 6.53. The molecular weight excluding hydrogens is 297 g/mol. The van der Waals surface area contributed by atoms with Crippen molar-refractivity contribution >= 4 is 5.78 Å². The van der Waals surface area contributed by atoms with Gasteiger partial charge in [-0.1, -0.05) is 70.0 Å². The van der Waals surface area contributed by atoms with Gasteiger partial charge in [0.05, 0.1) is 0 Å². The Hall–Kier alpha value is -0.136. The molecule has 1 aliphatic rings. The van der Waals surface area contributed by atoms with Crippen LogP contribution in [0.4, 0.5) is 0 Å². The zero-order chi connectivity index (χ0) is 12.9. The van der Waals surface area contributed by atoms with Gasteiger partial charge in [-0.25, -0.2) is 0 Å². The van der Waals surface area contributed by atoms with Gasteiger partial charge in [-0.2, -0.15) is 6.42 Å². The summed E-state index contributed by atoms with van der Waals surface area (Å²) in [6.45, 7) is 8.10. The number of hydrogen-bond donors (Lipinski definition) is 0. The number of benzene rings is 1. The van der Waals surface area contributed by atoms with E-state index in [-0.39, 0.29) is 38.1 Å². The van der Waals surface area contributed by atoms with Gasteiger partial charge in [-0.3, -0.25) is 0 Å². The second-order valence-corrected chi connectivity index (χ2v) is 4.98. The van der Waals surface area contributed by atoms with Gasteiger partial charge < -0.3 is 10.7 Å². The zero-order valence-corrected chi connectivity index (χ0v) is 14.8. The summed E-state index contributed by atoms with van der Waals surface area (Å²) in [5.74, 6) is 1.47. The van der Waals surface area contributed by atoms with E-state index >= 15 is 0 Å². The molecule has 1 nitrogen and oxygen atoms in total. The van der Waals surface area contributed by atoms with Gasteiger partial charge >= 0.3 is 0 Å². The maximum absolute atomic E-state index is 12.0. The Labute approximate surface area is 137 Å². The predicted octanol–water partition coefficient (Wildman–Crippen LogP) is 4.22. The van der Waals surface area contributed by atoms with Crippen LogP contribution in [0.5, 0.6) is 0 Å². The van der Waals surface area contributed by atoms with Crippen molar-refractivity contribution in [1.82, 2.24) is 0 Å². The summed E-state index contributed by atoms with van der Waals surface area (Å²) in [7, 11) is 0. The van der Waals surface area contributed by atoms with Crippen molar-refractivity contribution in [2.45, 2.75) is 47.0 Å². The number of rotatable bonds is 2. The SMILES string of the molecule is CC.CC1(C)CC[C-](Cc2ccccc2)C1=O.[Y]. The molecule has 0 atom stereocenters. The van der Waals surface area contributed by atoms with Gasteiger partial charge in [-0.05, 0) is 5.41 Å². The smallest absolute Gasteiger partial charge is 0.00735 e. The Morgan fingerprint density at radius 2 is 1.72 bits per heavy atom. The van der Waals surface area contributed by atoms with Crippen LogP contribution >= 0.6 is 0 Å². The quantitative estimate of drug-likeness (QED) is 0.746. The van der Waals surface area contributed by atoms with Crippen LogP contribution in [-0.4, -0.2) is 5.78 Å². The standard InChI is InChI=1S/C14H17O.C2H6.Y/c1-14(2)9-8-12(13(14)15)10-11-6-4-3-5-7-11;1-2;/h3-7H,8-10H2,1-2H3;1-2H3;/q-1;;. The first-order valence-electron chi connectivity index (χ1n) is 6.53. The molecule has 2 rings (SSSR count). The van der Waals surface area contributed by atoms with Crippen molar-refractivity contribution in [3.63, 3.8) is 0 Å². The monoisotopic (exact) mass is 320 g/mol. The van der Waals surface area contributed by atoms with Crippen molar-refractivity contribution in [3.8, 4) is 0 Å². The average Bonchev–Trinajstić information content (AvgIpc) is 2.60. The molecular formula is C16H23OY-. The second-order valence-electron chi connectivity index (χ2n) is 4.98. The first-order chi connectivity index (χ1) is 8.09. The number of Topliss-reactive ketones (excluding diaryl/α,β-unsaturated/α-hetero) is 1. The molecule has 0 amide bonds. The predicted molar refractivity (Wildman–Crippen MR) is 72.8 cm³/mol. The Balaban J connectivity index is 0.000000917. The van der Waals surface area contributed by atoms with Crippen molar-refractivity contribution in [3.05, 3.63) is 41.8 Å². The third-order valence-electron chi connectivity index (χ3n) is 3.25. The Kier molecular flexibility index (Phi) is 8.06. The van der Waals surface area contributed by atoms with Crippen molar-refractivity contribution in [2.24, 2.45) is 5.41 Å². The fraction of sp³-hybridized carbons (Fsp3) is 0.500. The number of ketones is 1. The second kappa shape index (κ2) is 8.12. The van der Waals surface area contributed by atoms with E-state index in [0.717, 1.165) is 25.2 Å². The van der Waals surface area contributed by atoms with Crippen molar-refractivity contribution in [2.75, 3.05) is 0 Å². The van der Waals surface area contributed by atoms with Gasteiger partial charge in [0, 0.05) is 38.5 Å². The van der Waals surface area contributed by atoms with Crippen LogP contribution in [0, 0.1) is 11.3 Å². The normalized spacial score (nSPS) is 16.7. The Bertz CT molecular complexity index is 357. The van der Waals surface area contributed by atoms with E-state index < -0.39 is 0 Å². The third-order valence-corrected chi connectivity index (χ3v) is 3.25. The molecule has 0 heterocycles. The third kappa shape index (κ3) is 4.51. The molecule has 0 spiro atoms. The van der Waals surface area contributed by atoms with Gasteiger partial charge in [0.2, 0.25) is 0 Å². The number of hydrogen-bond acceptors (Lipinski definition) is 1. The summed E-state index contributed by atoms with van der Waals surface area (Å²) in [6, 6.07) is 10.2. The molecule has 0 saturated heterocycles. The molecule has 1 aliphatic carbocycles. The fourth-order valence-corrected chi connectivity index (χ4v) is 2.18. The van der Waals surface area contributed by atoms with Crippen molar-refractivity contribution < 1.29 is 37.5 Å². The van der Waals surface area contributed by atoms with E-state index in [0.29, 0.717) is 5.78 Å². The number of carbonyl (C=O) groups is 1.